The van der Waals surface area contributed by atoms with Crippen molar-refractivity contribution in [3.63, 3.8) is 0 Å². The molecule has 4 aromatic rings. The fourth-order valence-corrected chi connectivity index (χ4v) is 3.95. The second kappa shape index (κ2) is 10.0. The molecule has 2 heterocycles. The van der Waals surface area contributed by atoms with Crippen LogP contribution < -0.4 is 20.3 Å². The van der Waals surface area contributed by atoms with E-state index in [9.17, 15) is 9.18 Å². The first-order valence-electron chi connectivity index (χ1n) is 9.69. The Labute approximate surface area is 186 Å². The van der Waals surface area contributed by atoms with Gasteiger partial charge in [0, 0.05) is 29.1 Å². The average molecular weight is 454 g/mol. The van der Waals surface area contributed by atoms with E-state index in [-0.39, 0.29) is 5.82 Å². The molecule has 8 nitrogen and oxygen atoms in total. The van der Waals surface area contributed by atoms with Crippen LogP contribution in [0.4, 0.5) is 14.9 Å². The minimum atomic E-state index is -0.736. The Kier molecular flexibility index (Phi) is 6.73. The number of carbonyl (C=O) groups excluding carboxylic acids is 1. The number of rotatable bonds is 8. The zero-order valence-electron chi connectivity index (χ0n) is 16.7. The summed E-state index contributed by atoms with van der Waals surface area (Å²) in [5.41, 5.74) is 3.75. The van der Waals surface area contributed by atoms with Gasteiger partial charge in [0.2, 0.25) is 5.88 Å². The van der Waals surface area contributed by atoms with Gasteiger partial charge in [-0.2, -0.15) is 0 Å². The van der Waals surface area contributed by atoms with E-state index < -0.39 is 6.03 Å². The Morgan fingerprint density at radius 3 is 2.72 bits per heavy atom. The first-order chi connectivity index (χ1) is 15.6. The van der Waals surface area contributed by atoms with Gasteiger partial charge in [0.25, 0.3) is 0 Å². The molecule has 0 aliphatic carbocycles. The summed E-state index contributed by atoms with van der Waals surface area (Å²) in [5.74, 6) is 0.748. The van der Waals surface area contributed by atoms with E-state index in [2.05, 4.69) is 15.3 Å². The largest absolute Gasteiger partial charge is 0.493 e. The lowest BCUT2D eigenvalue weighted by Crippen LogP contribution is -2.25. The molecule has 0 saturated heterocycles. The standard InChI is InChI=1S/C22H19FN4O4S/c23-15-7-5-14(6-8-15)18-12-32-21-19(18)20(24-13-25-21)31-10-2-9-30-17-4-1-3-16(11-17)26-22(28)27-29/h1,3-8,11-13,29H,2,9-10H2,(H2,26,27,28). The first-order valence-corrected chi connectivity index (χ1v) is 10.6. The minimum absolute atomic E-state index is 0.293. The van der Waals surface area contributed by atoms with Crippen LogP contribution in [0.3, 0.4) is 0 Å². The number of hydrogen-bond donors (Lipinski definition) is 3. The average Bonchev–Trinajstić information content (AvgIpc) is 3.24. The fourth-order valence-electron chi connectivity index (χ4n) is 3.04. The smallest absolute Gasteiger partial charge is 0.342 e. The highest BCUT2D eigenvalue weighted by atomic mass is 32.1. The van der Waals surface area contributed by atoms with Crippen molar-refractivity contribution in [2.75, 3.05) is 18.5 Å². The second-order valence-electron chi connectivity index (χ2n) is 6.66. The minimum Gasteiger partial charge on any atom is -0.493 e. The molecule has 4 rings (SSSR count). The van der Waals surface area contributed by atoms with Crippen molar-refractivity contribution < 1.29 is 23.9 Å². The molecule has 3 N–H and O–H groups in total. The van der Waals surface area contributed by atoms with Gasteiger partial charge in [0.15, 0.2) is 0 Å². The Hall–Kier alpha value is -3.76. The van der Waals surface area contributed by atoms with Gasteiger partial charge in [0.1, 0.15) is 22.7 Å². The number of amides is 2. The molecule has 2 aromatic heterocycles. The van der Waals surface area contributed by atoms with Gasteiger partial charge in [0.05, 0.1) is 18.6 Å². The van der Waals surface area contributed by atoms with Crippen LogP contribution in [0.1, 0.15) is 6.42 Å². The molecule has 0 saturated carbocycles. The van der Waals surface area contributed by atoms with Crippen LogP contribution >= 0.6 is 11.3 Å². The molecular weight excluding hydrogens is 435 g/mol. The third-order valence-electron chi connectivity index (χ3n) is 4.48. The highest BCUT2D eigenvalue weighted by Gasteiger charge is 2.14. The van der Waals surface area contributed by atoms with Crippen LogP contribution in [0.15, 0.2) is 60.2 Å². The van der Waals surface area contributed by atoms with E-state index in [1.54, 1.807) is 36.4 Å². The van der Waals surface area contributed by atoms with Crippen molar-refractivity contribution in [2.24, 2.45) is 0 Å². The third kappa shape index (κ3) is 5.10. The van der Waals surface area contributed by atoms with Gasteiger partial charge in [-0.3, -0.25) is 5.21 Å². The Morgan fingerprint density at radius 1 is 1.09 bits per heavy atom. The number of hydroxylamine groups is 1. The quantitative estimate of drug-likeness (QED) is 0.200. The number of nitrogens with zero attached hydrogens (tertiary/aromatic N) is 2. The number of hydrogen-bond acceptors (Lipinski definition) is 7. The van der Waals surface area contributed by atoms with Crippen molar-refractivity contribution >= 4 is 33.3 Å². The Bertz CT molecular complexity index is 1220. The molecule has 0 bridgehead atoms. The monoisotopic (exact) mass is 454 g/mol. The van der Waals surface area contributed by atoms with E-state index >= 15 is 0 Å². The molecule has 2 amide bonds. The highest BCUT2D eigenvalue weighted by molar-refractivity contribution is 7.17. The second-order valence-corrected chi connectivity index (χ2v) is 7.52. The summed E-state index contributed by atoms with van der Waals surface area (Å²) in [5, 5.41) is 13.8. The number of carbonyl (C=O) groups is 1. The summed E-state index contributed by atoms with van der Waals surface area (Å²) in [4.78, 5) is 20.5. The lowest BCUT2D eigenvalue weighted by Gasteiger charge is -2.10. The molecule has 2 aromatic carbocycles. The molecule has 32 heavy (non-hydrogen) atoms. The number of urea groups is 1. The summed E-state index contributed by atoms with van der Waals surface area (Å²) < 4.78 is 24.9. The predicted octanol–water partition coefficient (Wildman–Crippen LogP) is 4.86. The van der Waals surface area contributed by atoms with Gasteiger partial charge >= 0.3 is 6.03 Å². The molecular formula is C22H19FN4O4S. The fraction of sp³-hybridized carbons (Fsp3) is 0.136. The van der Waals surface area contributed by atoms with Crippen molar-refractivity contribution in [3.8, 4) is 22.8 Å². The molecule has 10 heteroatoms. The summed E-state index contributed by atoms with van der Waals surface area (Å²) >= 11 is 1.48. The highest BCUT2D eigenvalue weighted by Crippen LogP contribution is 2.37. The number of halogens is 1. The first kappa shape index (κ1) is 21.5. The predicted molar refractivity (Wildman–Crippen MR) is 119 cm³/mol. The zero-order chi connectivity index (χ0) is 22.3. The van der Waals surface area contributed by atoms with E-state index in [1.165, 1.54) is 35.3 Å². The number of fused-ring (bicyclic) bond motifs is 1. The lowest BCUT2D eigenvalue weighted by molar-refractivity contribution is 0.172. The van der Waals surface area contributed by atoms with Crippen molar-refractivity contribution in [1.82, 2.24) is 15.4 Å². The number of ether oxygens (including phenoxy) is 2. The molecule has 0 fully saturated rings. The zero-order valence-corrected chi connectivity index (χ0v) is 17.6. The number of anilines is 1. The molecule has 0 radical (unpaired) electrons. The Balaban J connectivity index is 1.36. The normalized spacial score (nSPS) is 10.7. The Morgan fingerprint density at radius 2 is 1.91 bits per heavy atom. The van der Waals surface area contributed by atoms with E-state index in [4.69, 9.17) is 14.7 Å². The summed E-state index contributed by atoms with van der Waals surface area (Å²) in [7, 11) is 0. The maximum Gasteiger partial charge on any atom is 0.342 e. The van der Waals surface area contributed by atoms with Gasteiger partial charge in [-0.15, -0.1) is 11.3 Å². The lowest BCUT2D eigenvalue weighted by atomic mass is 10.1. The summed E-state index contributed by atoms with van der Waals surface area (Å²) in [6, 6.07) is 12.3. The van der Waals surface area contributed by atoms with E-state index in [0.717, 1.165) is 21.3 Å². The molecule has 0 aliphatic rings. The molecule has 0 unspecified atom stereocenters. The number of aromatic nitrogens is 2. The van der Waals surface area contributed by atoms with Crippen LogP contribution in [0, 0.1) is 5.82 Å². The number of nitrogens with one attached hydrogen (secondary N) is 2. The molecule has 0 aliphatic heterocycles. The van der Waals surface area contributed by atoms with Crippen LogP contribution in [0.2, 0.25) is 0 Å². The van der Waals surface area contributed by atoms with Crippen molar-refractivity contribution in [3.05, 3.63) is 66.1 Å². The maximum atomic E-state index is 13.3. The van der Waals surface area contributed by atoms with E-state index in [1.807, 2.05) is 5.38 Å². The maximum absolute atomic E-state index is 13.3. The summed E-state index contributed by atoms with van der Waals surface area (Å²) in [6.45, 7) is 0.758. The van der Waals surface area contributed by atoms with Crippen LogP contribution in [0.5, 0.6) is 11.6 Å². The molecule has 0 atom stereocenters. The van der Waals surface area contributed by atoms with Gasteiger partial charge in [-0.1, -0.05) is 18.2 Å². The van der Waals surface area contributed by atoms with E-state index in [0.29, 0.717) is 37.0 Å². The molecule has 164 valence electrons. The van der Waals surface area contributed by atoms with Gasteiger partial charge in [-0.05, 0) is 29.8 Å². The van der Waals surface area contributed by atoms with Crippen LogP contribution in [-0.4, -0.2) is 34.4 Å². The van der Waals surface area contributed by atoms with Crippen LogP contribution in [-0.2, 0) is 0 Å². The van der Waals surface area contributed by atoms with Crippen molar-refractivity contribution in [2.45, 2.75) is 6.42 Å². The summed E-state index contributed by atoms with van der Waals surface area (Å²) in [6.07, 6.45) is 2.05. The van der Waals surface area contributed by atoms with Gasteiger partial charge < -0.3 is 14.8 Å². The number of benzene rings is 2. The topological polar surface area (TPSA) is 106 Å². The van der Waals surface area contributed by atoms with Crippen molar-refractivity contribution in [1.29, 1.82) is 0 Å². The molecule has 0 spiro atoms. The van der Waals surface area contributed by atoms with Crippen LogP contribution in [0.25, 0.3) is 21.3 Å². The number of thiophene rings is 1. The van der Waals surface area contributed by atoms with Gasteiger partial charge in [-0.25, -0.2) is 24.6 Å². The SMILES string of the molecule is O=C(NO)Nc1cccc(OCCCOc2ncnc3scc(-c4ccc(F)cc4)c23)c1. The third-order valence-corrected chi connectivity index (χ3v) is 5.37.